The Hall–Kier alpha value is -2.57. The number of hydrogen-bond donors (Lipinski definition) is 2. The number of hydrogen-bond acceptors (Lipinski definition) is 4. The van der Waals surface area contributed by atoms with Gasteiger partial charge in [-0.15, -0.1) is 0 Å². The molecule has 0 saturated carbocycles. The quantitative estimate of drug-likeness (QED) is 0.807. The third-order valence-corrected chi connectivity index (χ3v) is 4.40. The van der Waals surface area contributed by atoms with Crippen molar-refractivity contribution in [2.75, 3.05) is 18.4 Å². The topological polar surface area (TPSA) is 78.9 Å². The summed E-state index contributed by atoms with van der Waals surface area (Å²) in [6.45, 7) is 0.689. The van der Waals surface area contributed by atoms with E-state index in [1.165, 1.54) is 0 Å². The number of likely N-dealkylation sites (tertiary alicyclic amines) is 1. The molecule has 7 heteroatoms. The van der Waals surface area contributed by atoms with Crippen molar-refractivity contribution in [2.24, 2.45) is 0 Å². The van der Waals surface area contributed by atoms with Crippen LogP contribution in [0.1, 0.15) is 12.8 Å². The molecule has 1 saturated heterocycles. The number of ether oxygens (including phenoxy) is 1. The minimum atomic E-state index is -0.877. The molecule has 0 spiro atoms. The summed E-state index contributed by atoms with van der Waals surface area (Å²) in [5.41, 5.74) is 0.625. The van der Waals surface area contributed by atoms with Crippen LogP contribution >= 0.6 is 11.6 Å². The Morgan fingerprint density at radius 3 is 2.65 bits per heavy atom. The standard InChI is InChI=1S/C19H19ClN2O4/c20-13-3-1-4-16(11-13)26-15-8-6-14(7-9-15)21-18(23)12-22-10-2-5-17(22)19(24)25/h1,3-4,6-9,11,17H,2,5,10,12H2,(H,21,23)(H,24,25)/t17-/m1/s1. The third-order valence-electron chi connectivity index (χ3n) is 4.17. The second-order valence-electron chi connectivity index (χ2n) is 6.10. The van der Waals surface area contributed by atoms with E-state index in [1.54, 1.807) is 53.4 Å². The van der Waals surface area contributed by atoms with Gasteiger partial charge in [0.15, 0.2) is 0 Å². The zero-order valence-corrected chi connectivity index (χ0v) is 14.8. The molecule has 1 atom stereocenters. The highest BCUT2D eigenvalue weighted by Gasteiger charge is 2.31. The Morgan fingerprint density at radius 2 is 1.96 bits per heavy atom. The van der Waals surface area contributed by atoms with Gasteiger partial charge in [-0.2, -0.15) is 0 Å². The summed E-state index contributed by atoms with van der Waals surface area (Å²) in [7, 11) is 0. The first kappa shape index (κ1) is 18.2. The Labute approximate surface area is 156 Å². The molecule has 26 heavy (non-hydrogen) atoms. The molecule has 1 aliphatic rings. The van der Waals surface area contributed by atoms with Crippen molar-refractivity contribution < 1.29 is 19.4 Å². The van der Waals surface area contributed by atoms with E-state index in [-0.39, 0.29) is 12.5 Å². The Balaban J connectivity index is 1.55. The van der Waals surface area contributed by atoms with Crippen LogP contribution in [0.3, 0.4) is 0 Å². The molecule has 0 aliphatic carbocycles. The number of nitrogens with zero attached hydrogens (tertiary/aromatic N) is 1. The summed E-state index contributed by atoms with van der Waals surface area (Å²) in [5, 5.41) is 12.5. The number of carboxylic acid groups (broad SMARTS) is 1. The lowest BCUT2D eigenvalue weighted by Crippen LogP contribution is -2.40. The van der Waals surface area contributed by atoms with E-state index in [4.69, 9.17) is 21.4 Å². The molecule has 0 aromatic heterocycles. The molecule has 0 bridgehead atoms. The molecule has 2 N–H and O–H groups in total. The molecule has 2 aromatic rings. The van der Waals surface area contributed by atoms with Crippen LogP contribution in [-0.2, 0) is 9.59 Å². The first-order chi connectivity index (χ1) is 12.5. The smallest absolute Gasteiger partial charge is 0.320 e. The van der Waals surface area contributed by atoms with E-state index in [0.717, 1.165) is 6.42 Å². The summed E-state index contributed by atoms with van der Waals surface area (Å²) in [4.78, 5) is 25.0. The predicted octanol–water partition coefficient (Wildman–Crippen LogP) is 3.62. The second kappa shape index (κ2) is 8.21. The molecule has 6 nitrogen and oxygen atoms in total. The van der Waals surface area contributed by atoms with Crippen LogP contribution in [0.5, 0.6) is 11.5 Å². The molecule has 1 fully saturated rings. The maximum absolute atomic E-state index is 12.2. The molecule has 0 unspecified atom stereocenters. The average Bonchev–Trinajstić information content (AvgIpc) is 3.05. The lowest BCUT2D eigenvalue weighted by atomic mass is 10.2. The summed E-state index contributed by atoms with van der Waals surface area (Å²) in [6, 6.07) is 13.5. The first-order valence-electron chi connectivity index (χ1n) is 8.31. The lowest BCUT2D eigenvalue weighted by molar-refractivity contribution is -0.142. The number of benzene rings is 2. The Bertz CT molecular complexity index is 794. The minimum Gasteiger partial charge on any atom is -0.480 e. The Morgan fingerprint density at radius 1 is 1.19 bits per heavy atom. The highest BCUT2D eigenvalue weighted by molar-refractivity contribution is 6.30. The number of aliphatic carboxylic acids is 1. The Kier molecular flexibility index (Phi) is 5.75. The van der Waals surface area contributed by atoms with Gasteiger partial charge in [-0.05, 0) is 61.9 Å². The fourth-order valence-corrected chi connectivity index (χ4v) is 3.13. The van der Waals surface area contributed by atoms with Crippen molar-refractivity contribution in [1.29, 1.82) is 0 Å². The van der Waals surface area contributed by atoms with Crippen molar-refractivity contribution >= 4 is 29.2 Å². The lowest BCUT2D eigenvalue weighted by Gasteiger charge is -2.20. The number of nitrogens with one attached hydrogen (secondary N) is 1. The van der Waals surface area contributed by atoms with Gasteiger partial charge in [0.1, 0.15) is 17.5 Å². The van der Waals surface area contributed by atoms with Gasteiger partial charge < -0.3 is 15.2 Å². The van der Waals surface area contributed by atoms with Gasteiger partial charge >= 0.3 is 5.97 Å². The third kappa shape index (κ3) is 4.74. The number of halogens is 1. The molecular weight excluding hydrogens is 356 g/mol. The zero-order valence-electron chi connectivity index (χ0n) is 14.0. The van der Waals surface area contributed by atoms with E-state index >= 15 is 0 Å². The molecule has 1 aliphatic heterocycles. The van der Waals surface area contributed by atoms with Crippen molar-refractivity contribution in [3.05, 3.63) is 53.6 Å². The van der Waals surface area contributed by atoms with E-state index < -0.39 is 12.0 Å². The van der Waals surface area contributed by atoms with Crippen LogP contribution in [0.2, 0.25) is 5.02 Å². The fourth-order valence-electron chi connectivity index (χ4n) is 2.95. The molecule has 136 valence electrons. The van der Waals surface area contributed by atoms with Crippen molar-refractivity contribution in [2.45, 2.75) is 18.9 Å². The highest BCUT2D eigenvalue weighted by Crippen LogP contribution is 2.25. The van der Waals surface area contributed by atoms with Gasteiger partial charge in [0.25, 0.3) is 0 Å². The normalized spacial score (nSPS) is 17.0. The van der Waals surface area contributed by atoms with Gasteiger partial charge in [0, 0.05) is 10.7 Å². The van der Waals surface area contributed by atoms with Gasteiger partial charge in [-0.3, -0.25) is 14.5 Å². The van der Waals surface area contributed by atoms with Crippen LogP contribution in [0.25, 0.3) is 0 Å². The maximum Gasteiger partial charge on any atom is 0.320 e. The predicted molar refractivity (Wildman–Crippen MR) is 98.8 cm³/mol. The second-order valence-corrected chi connectivity index (χ2v) is 6.54. The summed E-state index contributed by atoms with van der Waals surface area (Å²) < 4.78 is 5.70. The van der Waals surface area contributed by atoms with E-state index in [1.807, 2.05) is 0 Å². The van der Waals surface area contributed by atoms with E-state index in [2.05, 4.69) is 5.32 Å². The van der Waals surface area contributed by atoms with Crippen LogP contribution in [0, 0.1) is 0 Å². The van der Waals surface area contributed by atoms with Gasteiger partial charge in [0.2, 0.25) is 5.91 Å². The summed E-state index contributed by atoms with van der Waals surface area (Å²) in [5.74, 6) is 0.137. The number of carboxylic acids is 1. The molecular formula is C19H19ClN2O4. The van der Waals surface area contributed by atoms with Crippen LogP contribution in [-0.4, -0.2) is 41.0 Å². The molecule has 0 radical (unpaired) electrons. The summed E-state index contributed by atoms with van der Waals surface area (Å²) in [6.07, 6.45) is 1.37. The van der Waals surface area contributed by atoms with Gasteiger partial charge in [-0.25, -0.2) is 0 Å². The summed E-state index contributed by atoms with van der Waals surface area (Å²) >= 11 is 5.92. The van der Waals surface area contributed by atoms with Crippen LogP contribution in [0.4, 0.5) is 5.69 Å². The molecule has 2 aromatic carbocycles. The van der Waals surface area contributed by atoms with E-state index in [0.29, 0.717) is 35.2 Å². The fraction of sp³-hybridized carbons (Fsp3) is 0.263. The number of rotatable bonds is 6. The minimum absolute atomic E-state index is 0.0672. The van der Waals surface area contributed by atoms with Crippen LogP contribution in [0.15, 0.2) is 48.5 Å². The number of carbonyl (C=O) groups excluding carboxylic acids is 1. The van der Waals surface area contributed by atoms with Crippen molar-refractivity contribution in [3.63, 3.8) is 0 Å². The van der Waals surface area contributed by atoms with Gasteiger partial charge in [0.05, 0.1) is 6.54 Å². The maximum atomic E-state index is 12.2. The highest BCUT2D eigenvalue weighted by atomic mass is 35.5. The number of carbonyl (C=O) groups is 2. The van der Waals surface area contributed by atoms with Crippen molar-refractivity contribution in [1.82, 2.24) is 4.90 Å². The SMILES string of the molecule is O=C(CN1CCC[C@@H]1C(=O)O)Nc1ccc(Oc2cccc(Cl)c2)cc1. The van der Waals surface area contributed by atoms with Gasteiger partial charge in [-0.1, -0.05) is 17.7 Å². The number of anilines is 1. The number of amides is 1. The molecule has 3 rings (SSSR count). The average molecular weight is 375 g/mol. The zero-order chi connectivity index (χ0) is 18.5. The molecule has 1 heterocycles. The largest absolute Gasteiger partial charge is 0.480 e. The molecule has 1 amide bonds. The van der Waals surface area contributed by atoms with Crippen molar-refractivity contribution in [3.8, 4) is 11.5 Å². The van der Waals surface area contributed by atoms with Crippen LogP contribution < -0.4 is 10.1 Å². The monoisotopic (exact) mass is 374 g/mol. The first-order valence-corrected chi connectivity index (χ1v) is 8.69. The van der Waals surface area contributed by atoms with E-state index in [9.17, 15) is 9.59 Å².